The summed E-state index contributed by atoms with van der Waals surface area (Å²) in [7, 11) is 3.77. The Kier molecular flexibility index (Phi) is 9.65. The van der Waals surface area contributed by atoms with Crippen molar-refractivity contribution in [3.63, 3.8) is 0 Å². The first-order valence-corrected chi connectivity index (χ1v) is 20.4. The summed E-state index contributed by atoms with van der Waals surface area (Å²) in [5.41, 5.74) is 2.95. The van der Waals surface area contributed by atoms with Crippen molar-refractivity contribution in [2.75, 3.05) is 53.4 Å². The molecule has 9 heteroatoms. The summed E-state index contributed by atoms with van der Waals surface area (Å²) in [5, 5.41) is 13.6. The van der Waals surface area contributed by atoms with E-state index in [2.05, 4.69) is 48.3 Å². The van der Waals surface area contributed by atoms with Gasteiger partial charge in [0.05, 0.1) is 18.7 Å². The zero-order valence-corrected chi connectivity index (χ0v) is 31.7. The van der Waals surface area contributed by atoms with Crippen molar-refractivity contribution in [2.45, 2.75) is 97.4 Å². The van der Waals surface area contributed by atoms with Crippen molar-refractivity contribution in [3.8, 4) is 0 Å². The second-order valence-corrected chi connectivity index (χ2v) is 19.5. The molecule has 6 aliphatic rings. The number of allylic oxidation sites excluding steroid dienone is 2. The van der Waals surface area contributed by atoms with Gasteiger partial charge in [-0.25, -0.2) is 9.18 Å². The molecule has 0 radical (unpaired) electrons. The Morgan fingerprint density at radius 1 is 1.00 bits per heavy atom. The van der Waals surface area contributed by atoms with Gasteiger partial charge in [0, 0.05) is 45.8 Å². The molecule has 10 atom stereocenters. The number of fused-ring (bicyclic) bond motifs is 7. The number of aromatic carboxylic acids is 1. The summed E-state index contributed by atoms with van der Waals surface area (Å²) in [4.78, 5) is 14.0. The number of hydrogen-bond donors (Lipinski definition) is 2. The van der Waals surface area contributed by atoms with Crippen LogP contribution in [0, 0.1) is 51.7 Å². The van der Waals surface area contributed by atoms with Crippen molar-refractivity contribution in [1.82, 2.24) is 18.8 Å². The maximum absolute atomic E-state index is 14.8. The Bertz CT molecular complexity index is 1450. The number of piperazine rings is 1. The second kappa shape index (κ2) is 13.2. The molecule has 9 unspecified atom stereocenters. The van der Waals surface area contributed by atoms with E-state index in [1.54, 1.807) is 4.31 Å². The molecule has 1 aliphatic heterocycles. The molecule has 272 valence electrons. The smallest absolute Gasteiger partial charge is 0.338 e. The fraction of sp³-hybridized carbons (Fsp3) is 0.775. The number of benzene rings is 1. The highest BCUT2D eigenvalue weighted by molar-refractivity contribution is 7.86. The van der Waals surface area contributed by atoms with Crippen LogP contribution in [0.2, 0.25) is 0 Å². The van der Waals surface area contributed by atoms with Crippen LogP contribution in [0.4, 0.5) is 4.39 Å². The van der Waals surface area contributed by atoms with Crippen molar-refractivity contribution in [1.29, 1.82) is 0 Å². The van der Waals surface area contributed by atoms with E-state index in [9.17, 15) is 18.8 Å². The van der Waals surface area contributed by atoms with Gasteiger partial charge in [-0.3, -0.25) is 4.90 Å². The molecule has 2 N–H and O–H groups in total. The Morgan fingerprint density at radius 2 is 1.76 bits per heavy atom. The second-order valence-electron chi connectivity index (χ2n) is 17.8. The lowest BCUT2D eigenvalue weighted by Crippen LogP contribution is -2.67. The van der Waals surface area contributed by atoms with Gasteiger partial charge in [0.2, 0.25) is 0 Å². The molecule has 49 heavy (non-hydrogen) atoms. The monoisotopic (exact) mass is 696 g/mol. The Labute approximate surface area is 297 Å². The lowest BCUT2D eigenvalue weighted by atomic mass is 9.34. The maximum Gasteiger partial charge on any atom is 0.338 e. The van der Waals surface area contributed by atoms with E-state index in [0.717, 1.165) is 63.1 Å². The van der Waals surface area contributed by atoms with Crippen LogP contribution in [-0.2, 0) is 11.5 Å². The third kappa shape index (κ3) is 5.76. The number of nitrogens with one attached hydrogen (secondary N) is 1. The van der Waals surface area contributed by atoms with Gasteiger partial charge < -0.3 is 15.0 Å². The van der Waals surface area contributed by atoms with Crippen LogP contribution >= 0.6 is 0 Å². The quantitative estimate of drug-likeness (QED) is 0.281. The molecule has 1 saturated heterocycles. The van der Waals surface area contributed by atoms with Gasteiger partial charge in [-0.1, -0.05) is 46.3 Å². The molecule has 0 spiro atoms. The van der Waals surface area contributed by atoms with Gasteiger partial charge >= 0.3 is 5.97 Å². The molecule has 0 amide bonds. The molecule has 7 rings (SSSR count). The van der Waals surface area contributed by atoms with Crippen LogP contribution in [0.5, 0.6) is 0 Å². The molecule has 0 aromatic heterocycles. The van der Waals surface area contributed by atoms with E-state index in [1.807, 2.05) is 20.2 Å². The summed E-state index contributed by atoms with van der Waals surface area (Å²) in [5.74, 6) is 1.22. The van der Waals surface area contributed by atoms with E-state index < -0.39 is 23.3 Å². The average molecular weight is 697 g/mol. The largest absolute Gasteiger partial charge is 0.578 e. The number of carboxylic acids is 1. The van der Waals surface area contributed by atoms with Crippen LogP contribution in [0.3, 0.4) is 0 Å². The molecular formula is C40H61FN4O3S. The van der Waals surface area contributed by atoms with E-state index in [4.69, 9.17) is 0 Å². The molecule has 5 aliphatic carbocycles. The Hall–Kier alpha value is -1.49. The van der Waals surface area contributed by atoms with Gasteiger partial charge in [0.15, 0.2) is 0 Å². The van der Waals surface area contributed by atoms with Gasteiger partial charge in [0.25, 0.3) is 0 Å². The third-order valence-electron chi connectivity index (χ3n) is 15.9. The molecule has 0 bridgehead atoms. The van der Waals surface area contributed by atoms with Gasteiger partial charge in [0.1, 0.15) is 17.4 Å². The van der Waals surface area contributed by atoms with Crippen LogP contribution in [0.25, 0.3) is 5.57 Å². The fourth-order valence-electron chi connectivity index (χ4n) is 13.2. The van der Waals surface area contributed by atoms with Crippen molar-refractivity contribution < 1.29 is 18.8 Å². The highest BCUT2D eigenvalue weighted by Crippen LogP contribution is 2.75. The first kappa shape index (κ1) is 35.9. The van der Waals surface area contributed by atoms with Gasteiger partial charge in [-0.2, -0.15) is 0 Å². The maximum atomic E-state index is 14.8. The molecule has 1 aromatic rings. The summed E-state index contributed by atoms with van der Waals surface area (Å²) >= 11 is -1.03. The predicted molar refractivity (Wildman–Crippen MR) is 196 cm³/mol. The molecule has 1 aromatic carbocycles. The Morgan fingerprint density at radius 3 is 2.45 bits per heavy atom. The van der Waals surface area contributed by atoms with E-state index in [1.165, 1.54) is 75.5 Å². The average Bonchev–Trinajstić information content (AvgIpc) is 3.49. The highest BCUT2D eigenvalue weighted by Gasteiger charge is 2.68. The van der Waals surface area contributed by atoms with Gasteiger partial charge in [-0.05, 0) is 127 Å². The summed E-state index contributed by atoms with van der Waals surface area (Å²) in [6.45, 7) is 16.1. The molecule has 4 saturated carbocycles. The Balaban J connectivity index is 1.04. The number of halogens is 1. The van der Waals surface area contributed by atoms with Crippen molar-refractivity contribution in [3.05, 3.63) is 41.2 Å². The number of rotatable bonds is 8. The minimum atomic E-state index is -1.21. The minimum Gasteiger partial charge on any atom is -0.578 e. The number of nitrogens with zero attached hydrogens (tertiary/aromatic N) is 3. The first-order valence-electron chi connectivity index (χ1n) is 19.3. The zero-order chi connectivity index (χ0) is 34.9. The van der Waals surface area contributed by atoms with Crippen LogP contribution in [-0.4, -0.2) is 88.0 Å². The summed E-state index contributed by atoms with van der Waals surface area (Å²) in [6.07, 6.45) is 15.2. The van der Waals surface area contributed by atoms with Crippen LogP contribution < -0.4 is 5.32 Å². The molecule has 5 fully saturated rings. The van der Waals surface area contributed by atoms with E-state index in [-0.39, 0.29) is 16.5 Å². The van der Waals surface area contributed by atoms with E-state index >= 15 is 0 Å². The lowest BCUT2D eigenvalue weighted by Gasteiger charge is -2.71. The predicted octanol–water partition coefficient (Wildman–Crippen LogP) is 7.08. The minimum absolute atomic E-state index is 0.217. The lowest BCUT2D eigenvalue weighted by molar-refractivity contribution is -0.211. The molecular weight excluding hydrogens is 636 g/mol. The first-order chi connectivity index (χ1) is 23.2. The number of carboxylic acid groups (broad SMARTS) is 1. The fourth-order valence-corrected chi connectivity index (χ4v) is 14.1. The third-order valence-corrected chi connectivity index (χ3v) is 17.3. The van der Waals surface area contributed by atoms with Crippen LogP contribution in [0.15, 0.2) is 24.3 Å². The van der Waals surface area contributed by atoms with Crippen LogP contribution in [0.1, 0.15) is 108 Å². The normalized spacial score (nSPS) is 41.7. The van der Waals surface area contributed by atoms with E-state index in [0.29, 0.717) is 28.6 Å². The summed E-state index contributed by atoms with van der Waals surface area (Å²) in [6, 6.07) is 4.71. The number of hydrogen-bond acceptors (Lipinski definition) is 6. The standard InChI is InChI=1S/C40H61FN4O3S/c1-27-29(28-9-10-30(36(46)47)34(41)26-28)13-16-37(2)31(27)14-17-39(4)35(37)12-11-32-33-8-7-15-40(33,19-18-38(32,39)3)42-20-21-44-22-24-45(25-23-44)49(48)43(5)6/h9-10,13,26-27,31-33,35,42H,7-8,11-12,14-25H2,1-6H3,(H,46,47)/t27?,31?,32?,33?,35?,37?,38-,39?,40?,49?/m1/s1. The topological polar surface area (TPSA) is 82.1 Å². The summed E-state index contributed by atoms with van der Waals surface area (Å²) < 4.78 is 31.2. The van der Waals surface area contributed by atoms with Gasteiger partial charge in [-0.15, -0.1) is 8.61 Å². The van der Waals surface area contributed by atoms with Crippen molar-refractivity contribution >= 4 is 23.1 Å². The molecule has 1 heterocycles. The molecule has 7 nitrogen and oxygen atoms in total. The van der Waals surface area contributed by atoms with Crippen molar-refractivity contribution in [2.24, 2.45) is 45.8 Å². The number of carbonyl (C=O) groups is 1. The SMILES string of the molecule is CC1C(c2ccc(C(=O)O)c(F)c2)=CCC2(C)C1CCC1(C)C2CCC2C3CCCC3(NCCN3CCN([S+]([O-])N(C)C)CC3)CC[C@]21C. The highest BCUT2D eigenvalue weighted by atomic mass is 32.2. The zero-order valence-electron chi connectivity index (χ0n) is 30.9.